The molecule has 0 radical (unpaired) electrons. The Morgan fingerprint density at radius 1 is 1.16 bits per heavy atom. The zero-order valence-electron chi connectivity index (χ0n) is 10.0. The second-order valence-corrected chi connectivity index (χ2v) is 4.44. The number of aliphatic hydroxyl groups is 1. The molecule has 0 aliphatic rings. The van der Waals surface area contributed by atoms with E-state index < -0.39 is 17.7 Å². The van der Waals surface area contributed by atoms with Crippen LogP contribution in [0.5, 0.6) is 11.5 Å². The summed E-state index contributed by atoms with van der Waals surface area (Å²) in [5, 5.41) is 9.50. The first-order valence-electron chi connectivity index (χ1n) is 5.58. The number of aliphatic hydroxyl groups excluding tert-OH is 1. The van der Waals surface area contributed by atoms with Crippen LogP contribution in [0.15, 0.2) is 36.4 Å². The van der Waals surface area contributed by atoms with E-state index in [1.807, 2.05) is 0 Å². The lowest BCUT2D eigenvalue weighted by atomic mass is 10.1. The Bertz CT molecular complexity index is 600. The summed E-state index contributed by atoms with van der Waals surface area (Å²) in [7, 11) is 0. The minimum atomic E-state index is -0.887. The van der Waals surface area contributed by atoms with Crippen LogP contribution in [-0.4, -0.2) is 5.11 Å². The fourth-order valence-corrected chi connectivity index (χ4v) is 1.78. The Hall–Kier alpha value is -1.65. The standard InChI is InChI=1S/C14H11ClF2O2/c1-8(18)11-6-9(16)2-5-14(11)19-10-3-4-13(17)12(15)7-10/h2-8,18H,1H3. The molecule has 2 rings (SSSR count). The first-order chi connectivity index (χ1) is 8.97. The Labute approximate surface area is 114 Å². The summed E-state index contributed by atoms with van der Waals surface area (Å²) < 4.78 is 31.6. The van der Waals surface area contributed by atoms with Gasteiger partial charge in [-0.3, -0.25) is 0 Å². The molecule has 0 spiro atoms. The smallest absolute Gasteiger partial charge is 0.142 e. The first-order valence-corrected chi connectivity index (χ1v) is 5.95. The van der Waals surface area contributed by atoms with E-state index >= 15 is 0 Å². The number of rotatable bonds is 3. The van der Waals surface area contributed by atoms with Crippen LogP contribution in [-0.2, 0) is 0 Å². The van der Waals surface area contributed by atoms with Crippen molar-refractivity contribution in [1.82, 2.24) is 0 Å². The van der Waals surface area contributed by atoms with Crippen molar-refractivity contribution >= 4 is 11.6 Å². The van der Waals surface area contributed by atoms with E-state index in [9.17, 15) is 13.9 Å². The summed E-state index contributed by atoms with van der Waals surface area (Å²) in [4.78, 5) is 0. The maximum Gasteiger partial charge on any atom is 0.142 e. The van der Waals surface area contributed by atoms with Crippen LogP contribution in [0.25, 0.3) is 0 Å². The lowest BCUT2D eigenvalue weighted by Gasteiger charge is -2.13. The highest BCUT2D eigenvalue weighted by molar-refractivity contribution is 6.30. The van der Waals surface area contributed by atoms with Crippen LogP contribution in [0.1, 0.15) is 18.6 Å². The topological polar surface area (TPSA) is 29.5 Å². The van der Waals surface area contributed by atoms with E-state index in [0.717, 1.165) is 0 Å². The summed E-state index contributed by atoms with van der Waals surface area (Å²) in [5.74, 6) is -0.428. The third-order valence-electron chi connectivity index (χ3n) is 2.54. The van der Waals surface area contributed by atoms with Crippen molar-refractivity contribution < 1.29 is 18.6 Å². The van der Waals surface area contributed by atoms with E-state index in [4.69, 9.17) is 16.3 Å². The van der Waals surface area contributed by atoms with Gasteiger partial charge in [0, 0.05) is 11.6 Å². The molecule has 0 saturated carbocycles. The monoisotopic (exact) mass is 284 g/mol. The predicted octanol–water partition coefficient (Wildman–Crippen LogP) is 4.46. The molecule has 0 amide bonds. The number of hydrogen-bond donors (Lipinski definition) is 1. The van der Waals surface area contributed by atoms with Crippen molar-refractivity contribution in [3.63, 3.8) is 0 Å². The van der Waals surface area contributed by atoms with Crippen LogP contribution in [0.3, 0.4) is 0 Å². The molecule has 0 aliphatic carbocycles. The van der Waals surface area contributed by atoms with Crippen molar-refractivity contribution in [1.29, 1.82) is 0 Å². The molecule has 2 aromatic carbocycles. The molecule has 1 unspecified atom stereocenters. The lowest BCUT2D eigenvalue weighted by molar-refractivity contribution is 0.195. The minimum absolute atomic E-state index is 0.0711. The van der Waals surface area contributed by atoms with E-state index in [1.165, 1.54) is 43.3 Å². The first kappa shape index (κ1) is 13.8. The summed E-state index contributed by atoms with van der Waals surface area (Å²) in [5.41, 5.74) is 0.306. The van der Waals surface area contributed by atoms with Gasteiger partial charge in [0.15, 0.2) is 0 Å². The van der Waals surface area contributed by atoms with E-state index in [-0.39, 0.29) is 5.02 Å². The molecule has 100 valence electrons. The molecule has 0 bridgehead atoms. The van der Waals surface area contributed by atoms with Gasteiger partial charge in [-0.2, -0.15) is 0 Å². The highest BCUT2D eigenvalue weighted by Crippen LogP contribution is 2.31. The van der Waals surface area contributed by atoms with Gasteiger partial charge in [0.2, 0.25) is 0 Å². The molecule has 1 N–H and O–H groups in total. The van der Waals surface area contributed by atoms with Gasteiger partial charge in [0.1, 0.15) is 23.1 Å². The quantitative estimate of drug-likeness (QED) is 0.901. The molecule has 0 saturated heterocycles. The molecule has 1 atom stereocenters. The average Bonchev–Trinajstić information content (AvgIpc) is 2.36. The molecular weight excluding hydrogens is 274 g/mol. The van der Waals surface area contributed by atoms with Crippen LogP contribution in [0.4, 0.5) is 8.78 Å². The zero-order valence-corrected chi connectivity index (χ0v) is 10.8. The third kappa shape index (κ3) is 3.22. The number of ether oxygens (including phenoxy) is 1. The van der Waals surface area contributed by atoms with E-state index in [1.54, 1.807) is 0 Å². The second-order valence-electron chi connectivity index (χ2n) is 4.04. The Balaban J connectivity index is 2.35. The number of benzene rings is 2. The molecule has 19 heavy (non-hydrogen) atoms. The van der Waals surface area contributed by atoms with Crippen LogP contribution >= 0.6 is 11.6 Å². The SMILES string of the molecule is CC(O)c1cc(F)ccc1Oc1ccc(F)c(Cl)c1. The van der Waals surface area contributed by atoms with Gasteiger partial charge in [0.25, 0.3) is 0 Å². The molecular formula is C14H11ClF2O2. The Morgan fingerprint density at radius 3 is 2.53 bits per heavy atom. The van der Waals surface area contributed by atoms with Crippen LogP contribution in [0, 0.1) is 11.6 Å². The molecule has 2 nitrogen and oxygen atoms in total. The van der Waals surface area contributed by atoms with Gasteiger partial charge >= 0.3 is 0 Å². The molecule has 0 aromatic heterocycles. The fraction of sp³-hybridized carbons (Fsp3) is 0.143. The molecule has 5 heteroatoms. The second kappa shape index (κ2) is 5.55. The Kier molecular flexibility index (Phi) is 4.02. The largest absolute Gasteiger partial charge is 0.457 e. The van der Waals surface area contributed by atoms with Crippen LogP contribution in [0.2, 0.25) is 5.02 Å². The highest BCUT2D eigenvalue weighted by atomic mass is 35.5. The van der Waals surface area contributed by atoms with Gasteiger partial charge in [-0.1, -0.05) is 11.6 Å². The summed E-state index contributed by atoms with van der Waals surface area (Å²) in [6, 6.07) is 7.68. The molecule has 2 aromatic rings. The van der Waals surface area contributed by atoms with Gasteiger partial charge in [-0.25, -0.2) is 8.78 Å². The van der Waals surface area contributed by atoms with Gasteiger partial charge in [-0.15, -0.1) is 0 Å². The minimum Gasteiger partial charge on any atom is -0.457 e. The van der Waals surface area contributed by atoms with Crippen molar-refractivity contribution in [3.8, 4) is 11.5 Å². The average molecular weight is 285 g/mol. The maximum absolute atomic E-state index is 13.1. The van der Waals surface area contributed by atoms with E-state index in [0.29, 0.717) is 17.1 Å². The van der Waals surface area contributed by atoms with Crippen LogP contribution < -0.4 is 4.74 Å². The Morgan fingerprint density at radius 2 is 1.89 bits per heavy atom. The molecule has 0 aliphatic heterocycles. The third-order valence-corrected chi connectivity index (χ3v) is 2.83. The fourth-order valence-electron chi connectivity index (χ4n) is 1.61. The van der Waals surface area contributed by atoms with Crippen molar-refractivity contribution in [2.24, 2.45) is 0 Å². The molecule has 0 fully saturated rings. The highest BCUT2D eigenvalue weighted by Gasteiger charge is 2.12. The van der Waals surface area contributed by atoms with E-state index in [2.05, 4.69) is 0 Å². The summed E-state index contributed by atoms with van der Waals surface area (Å²) in [6.07, 6.45) is -0.887. The maximum atomic E-state index is 13.1. The number of halogens is 3. The van der Waals surface area contributed by atoms with Crippen molar-refractivity contribution in [2.45, 2.75) is 13.0 Å². The predicted molar refractivity (Wildman–Crippen MR) is 68.5 cm³/mol. The van der Waals surface area contributed by atoms with Crippen molar-refractivity contribution in [2.75, 3.05) is 0 Å². The lowest BCUT2D eigenvalue weighted by Crippen LogP contribution is -1.97. The van der Waals surface area contributed by atoms with Gasteiger partial charge in [0.05, 0.1) is 11.1 Å². The van der Waals surface area contributed by atoms with Gasteiger partial charge < -0.3 is 9.84 Å². The summed E-state index contributed by atoms with van der Waals surface area (Å²) in [6.45, 7) is 1.50. The van der Waals surface area contributed by atoms with Crippen molar-refractivity contribution in [3.05, 3.63) is 58.6 Å². The zero-order chi connectivity index (χ0) is 14.0. The van der Waals surface area contributed by atoms with Gasteiger partial charge in [-0.05, 0) is 37.3 Å². The summed E-state index contributed by atoms with van der Waals surface area (Å²) >= 11 is 5.64. The normalized spacial score (nSPS) is 12.3. The number of hydrogen-bond acceptors (Lipinski definition) is 2. The molecule has 0 heterocycles.